The lowest BCUT2D eigenvalue weighted by Crippen LogP contribution is -2.52. The van der Waals surface area contributed by atoms with Crippen LogP contribution in [0.5, 0.6) is 11.5 Å². The van der Waals surface area contributed by atoms with E-state index in [1.807, 2.05) is 0 Å². The van der Waals surface area contributed by atoms with Gasteiger partial charge in [0.1, 0.15) is 0 Å². The molecule has 0 spiro atoms. The fourth-order valence-corrected chi connectivity index (χ4v) is 2.36. The zero-order valence-corrected chi connectivity index (χ0v) is 12.4. The fraction of sp³-hybridized carbons (Fsp3) is 0.231. The van der Waals surface area contributed by atoms with Crippen molar-refractivity contribution in [3.63, 3.8) is 0 Å². The molecule has 2 heterocycles. The van der Waals surface area contributed by atoms with Gasteiger partial charge in [-0.1, -0.05) is 11.6 Å². The Morgan fingerprint density at radius 1 is 1.17 bits per heavy atom. The number of ether oxygens (including phenoxy) is 2. The van der Waals surface area contributed by atoms with Crippen LogP contribution in [0.15, 0.2) is 18.2 Å². The molecule has 0 amide bonds. The SMILES string of the molecule is Cn1nc(C(=O)O)cc1-c1cc2c(cc1Cl)OC(F)(F)C(F)(F)O2. The molecule has 0 saturated heterocycles. The minimum Gasteiger partial charge on any atom is -0.476 e. The third-order valence-electron chi connectivity index (χ3n) is 3.22. The van der Waals surface area contributed by atoms with Crippen LogP contribution in [-0.2, 0) is 7.05 Å². The van der Waals surface area contributed by atoms with Gasteiger partial charge in [-0.05, 0) is 12.1 Å². The van der Waals surface area contributed by atoms with E-state index >= 15 is 0 Å². The van der Waals surface area contributed by atoms with Crippen molar-refractivity contribution in [3.05, 3.63) is 28.9 Å². The van der Waals surface area contributed by atoms with Crippen molar-refractivity contribution in [2.24, 2.45) is 7.05 Å². The van der Waals surface area contributed by atoms with Gasteiger partial charge in [-0.15, -0.1) is 0 Å². The molecule has 0 radical (unpaired) electrons. The van der Waals surface area contributed by atoms with E-state index in [-0.39, 0.29) is 22.0 Å². The molecule has 0 bridgehead atoms. The first kappa shape index (κ1) is 16.4. The molecule has 0 fully saturated rings. The van der Waals surface area contributed by atoms with Gasteiger partial charge in [0.2, 0.25) is 0 Å². The Morgan fingerprint density at radius 2 is 1.71 bits per heavy atom. The van der Waals surface area contributed by atoms with E-state index in [1.165, 1.54) is 7.05 Å². The lowest BCUT2D eigenvalue weighted by molar-refractivity contribution is -0.391. The summed E-state index contributed by atoms with van der Waals surface area (Å²) < 4.78 is 62.0. The van der Waals surface area contributed by atoms with Crippen molar-refractivity contribution in [3.8, 4) is 22.8 Å². The highest BCUT2D eigenvalue weighted by Gasteiger charge is 2.66. The second kappa shape index (κ2) is 5.00. The molecule has 3 rings (SSSR count). The molecule has 128 valence electrons. The van der Waals surface area contributed by atoms with Gasteiger partial charge in [-0.25, -0.2) is 4.79 Å². The number of halogens is 5. The zero-order chi connectivity index (χ0) is 17.9. The third kappa shape index (κ3) is 2.42. The number of nitrogens with zero attached hydrogens (tertiary/aromatic N) is 2. The number of carboxylic acids is 1. The number of alkyl halides is 4. The summed E-state index contributed by atoms with van der Waals surface area (Å²) in [6.45, 7) is 0. The summed E-state index contributed by atoms with van der Waals surface area (Å²) in [5, 5.41) is 12.5. The minimum atomic E-state index is -4.87. The largest absolute Gasteiger partial charge is 0.507 e. The number of aromatic carboxylic acids is 1. The van der Waals surface area contributed by atoms with Gasteiger partial charge in [0, 0.05) is 18.7 Å². The van der Waals surface area contributed by atoms with E-state index in [1.54, 1.807) is 0 Å². The summed E-state index contributed by atoms with van der Waals surface area (Å²) in [5.74, 6) is -2.64. The van der Waals surface area contributed by atoms with E-state index < -0.39 is 29.7 Å². The number of hydrogen-bond donors (Lipinski definition) is 1. The predicted octanol–water partition coefficient (Wildman–Crippen LogP) is 3.40. The molecule has 0 saturated carbocycles. The van der Waals surface area contributed by atoms with Crippen molar-refractivity contribution in [1.82, 2.24) is 9.78 Å². The Morgan fingerprint density at radius 3 is 2.21 bits per heavy atom. The highest BCUT2D eigenvalue weighted by Crippen LogP contribution is 2.49. The average molecular weight is 367 g/mol. The Labute approximate surface area is 136 Å². The molecular formula is C13H7ClF4N2O4. The van der Waals surface area contributed by atoms with Crippen molar-refractivity contribution < 1.29 is 36.9 Å². The van der Waals surface area contributed by atoms with Gasteiger partial charge < -0.3 is 14.6 Å². The van der Waals surface area contributed by atoms with Gasteiger partial charge in [-0.3, -0.25) is 4.68 Å². The Hall–Kier alpha value is -2.49. The van der Waals surface area contributed by atoms with Gasteiger partial charge in [-0.2, -0.15) is 22.7 Å². The fourth-order valence-electron chi connectivity index (χ4n) is 2.11. The summed E-state index contributed by atoms with van der Waals surface area (Å²) in [6, 6.07) is 2.97. The maximum Gasteiger partial charge on any atom is 0.507 e. The Kier molecular flexibility index (Phi) is 3.41. The summed E-state index contributed by atoms with van der Waals surface area (Å²) >= 11 is 5.96. The van der Waals surface area contributed by atoms with E-state index in [9.17, 15) is 22.4 Å². The first-order valence-corrected chi connectivity index (χ1v) is 6.64. The van der Waals surface area contributed by atoms with Crippen molar-refractivity contribution >= 4 is 17.6 Å². The Balaban J connectivity index is 2.12. The van der Waals surface area contributed by atoms with Crippen molar-refractivity contribution in [2.75, 3.05) is 0 Å². The first-order chi connectivity index (χ1) is 11.0. The molecule has 1 aliphatic heterocycles. The van der Waals surface area contributed by atoms with Crippen LogP contribution in [0.4, 0.5) is 17.6 Å². The summed E-state index contributed by atoms with van der Waals surface area (Å²) in [7, 11) is 1.40. The van der Waals surface area contributed by atoms with Crippen molar-refractivity contribution in [2.45, 2.75) is 12.2 Å². The second-order valence-electron chi connectivity index (χ2n) is 4.86. The molecule has 2 aromatic rings. The summed E-state index contributed by atoms with van der Waals surface area (Å²) in [6.07, 6.45) is -9.72. The smallest absolute Gasteiger partial charge is 0.476 e. The van der Waals surface area contributed by atoms with E-state index in [0.29, 0.717) is 0 Å². The number of hydrogen-bond acceptors (Lipinski definition) is 4. The van der Waals surface area contributed by atoms with Gasteiger partial charge in [0.15, 0.2) is 17.2 Å². The molecular weight excluding hydrogens is 360 g/mol. The van der Waals surface area contributed by atoms with Crippen LogP contribution in [0.1, 0.15) is 10.5 Å². The minimum absolute atomic E-state index is 0.0579. The molecule has 1 N–H and O–H groups in total. The number of rotatable bonds is 2. The molecule has 1 aromatic heterocycles. The maximum absolute atomic E-state index is 13.3. The van der Waals surface area contributed by atoms with E-state index in [4.69, 9.17) is 16.7 Å². The average Bonchev–Trinajstić information content (AvgIpc) is 2.82. The van der Waals surface area contributed by atoms with Crippen LogP contribution >= 0.6 is 11.6 Å². The van der Waals surface area contributed by atoms with Gasteiger partial charge in [0.25, 0.3) is 0 Å². The number of carboxylic acid groups (broad SMARTS) is 1. The standard InChI is InChI=1S/C13H7ClF4N2O4/c1-20-8(4-7(19-20)11(21)22)5-2-9-10(3-6(5)14)24-13(17,18)12(15,16)23-9/h2-4H,1H3,(H,21,22). The molecule has 1 aliphatic rings. The number of fused-ring (bicyclic) bond motifs is 1. The lowest BCUT2D eigenvalue weighted by Gasteiger charge is -2.32. The molecule has 1 aromatic carbocycles. The van der Waals surface area contributed by atoms with Crippen LogP contribution in [-0.4, -0.2) is 33.1 Å². The van der Waals surface area contributed by atoms with E-state index in [2.05, 4.69) is 14.6 Å². The van der Waals surface area contributed by atoms with Gasteiger partial charge >= 0.3 is 18.2 Å². The van der Waals surface area contributed by atoms with E-state index in [0.717, 1.165) is 22.9 Å². The number of carbonyl (C=O) groups is 1. The number of benzene rings is 1. The monoisotopic (exact) mass is 366 g/mol. The third-order valence-corrected chi connectivity index (χ3v) is 3.54. The van der Waals surface area contributed by atoms with Crippen LogP contribution in [0, 0.1) is 0 Å². The second-order valence-corrected chi connectivity index (χ2v) is 5.27. The highest BCUT2D eigenvalue weighted by atomic mass is 35.5. The number of aromatic nitrogens is 2. The number of aryl methyl sites for hydroxylation is 1. The van der Waals surface area contributed by atoms with Gasteiger partial charge in [0.05, 0.1) is 10.7 Å². The first-order valence-electron chi connectivity index (χ1n) is 6.27. The predicted molar refractivity (Wildman–Crippen MR) is 71.8 cm³/mol. The highest BCUT2D eigenvalue weighted by molar-refractivity contribution is 6.33. The lowest BCUT2D eigenvalue weighted by atomic mass is 10.1. The summed E-state index contributed by atoms with van der Waals surface area (Å²) in [4.78, 5) is 10.9. The topological polar surface area (TPSA) is 73.6 Å². The molecule has 0 unspecified atom stereocenters. The molecule has 6 nitrogen and oxygen atoms in total. The van der Waals surface area contributed by atoms with Crippen LogP contribution < -0.4 is 9.47 Å². The maximum atomic E-state index is 13.3. The summed E-state index contributed by atoms with van der Waals surface area (Å²) in [5.41, 5.74) is -0.0951. The Bertz CT molecular complexity index is 853. The quantitative estimate of drug-likeness (QED) is 0.825. The van der Waals surface area contributed by atoms with Crippen LogP contribution in [0.3, 0.4) is 0 Å². The zero-order valence-electron chi connectivity index (χ0n) is 11.7. The molecule has 11 heteroatoms. The normalized spacial score (nSPS) is 17.6. The van der Waals surface area contributed by atoms with Crippen LogP contribution in [0.2, 0.25) is 5.02 Å². The molecule has 0 atom stereocenters. The van der Waals surface area contributed by atoms with Crippen molar-refractivity contribution in [1.29, 1.82) is 0 Å². The molecule has 0 aliphatic carbocycles. The van der Waals surface area contributed by atoms with Crippen LogP contribution in [0.25, 0.3) is 11.3 Å². The molecule has 24 heavy (non-hydrogen) atoms.